The number of nitrogens with zero attached hydrogens (tertiary/aromatic N) is 4. The summed E-state index contributed by atoms with van der Waals surface area (Å²) in [6, 6.07) is -7.18. The molecule has 1 unspecified atom stereocenters. The number of nitrogens with two attached hydrogens (primary N) is 7. The van der Waals surface area contributed by atoms with E-state index in [0.717, 1.165) is 4.57 Å². The summed E-state index contributed by atoms with van der Waals surface area (Å²) < 4.78 is 26.5. The summed E-state index contributed by atoms with van der Waals surface area (Å²) in [4.78, 5) is 130. The summed E-state index contributed by atoms with van der Waals surface area (Å²) in [5.41, 5.74) is 37.8. The molecule has 33 N–H and O–H groups in total. The van der Waals surface area contributed by atoms with Gasteiger partial charge < -0.3 is 123 Å². The van der Waals surface area contributed by atoms with Crippen LogP contribution in [0.1, 0.15) is 90.2 Å². The number of carbonyl (C=O) groups is 8. The molecule has 0 saturated carbocycles. The first kappa shape index (κ1) is 80.3. The Bertz CT molecular complexity index is 2850. The molecule has 1 aliphatic heterocycles. The second-order valence-corrected chi connectivity index (χ2v) is 23.4. The predicted molar refractivity (Wildman–Crippen MR) is 347 cm³/mol. The molecular formula is C51H97N30O12P. The van der Waals surface area contributed by atoms with Crippen LogP contribution in [0.15, 0.2) is 17.1 Å². The van der Waals surface area contributed by atoms with Crippen molar-refractivity contribution in [3.8, 4) is 0 Å². The Labute approximate surface area is 543 Å². The van der Waals surface area contributed by atoms with Crippen molar-refractivity contribution in [3.05, 3.63) is 22.7 Å². The van der Waals surface area contributed by atoms with Crippen LogP contribution in [-0.4, -0.2) is 224 Å². The van der Waals surface area contributed by atoms with Gasteiger partial charge in [0.05, 0.1) is 19.7 Å². The fourth-order valence-electron chi connectivity index (χ4n) is 9.00. The van der Waals surface area contributed by atoms with E-state index in [1.807, 2.05) is 0 Å². The number of hydrogen-bond donors (Lipinski definition) is 26. The van der Waals surface area contributed by atoms with Gasteiger partial charge in [-0.05, 0) is 97.2 Å². The molecule has 1 fully saturated rings. The van der Waals surface area contributed by atoms with E-state index >= 15 is 0 Å². The van der Waals surface area contributed by atoms with Gasteiger partial charge in [0, 0.05) is 58.9 Å². The van der Waals surface area contributed by atoms with E-state index in [9.17, 15) is 47.7 Å². The van der Waals surface area contributed by atoms with Crippen molar-refractivity contribution in [2.45, 2.75) is 133 Å². The lowest BCUT2D eigenvalue weighted by atomic mass is 10.0. The number of aromatic nitrogens is 2. The third-order valence-electron chi connectivity index (χ3n) is 13.6. The number of nitrogens with one attached hydrogen (secondary N) is 19. The van der Waals surface area contributed by atoms with Gasteiger partial charge >= 0.3 is 5.69 Å². The van der Waals surface area contributed by atoms with E-state index in [-0.39, 0.29) is 154 Å². The maximum Gasteiger partial charge on any atom is 0.351 e. The molecule has 0 bridgehead atoms. The maximum absolute atomic E-state index is 14.7. The monoisotopic (exact) mass is 1350 g/mol. The summed E-state index contributed by atoms with van der Waals surface area (Å²) in [6.45, 7) is 0.233. The molecule has 1 aromatic rings. The molecule has 0 radical (unpaired) electrons. The highest BCUT2D eigenvalue weighted by atomic mass is 31.1. The van der Waals surface area contributed by atoms with Crippen molar-refractivity contribution < 1.29 is 52.2 Å². The molecule has 0 aromatic carbocycles. The number of nitrogen functional groups attached to an aromatic ring is 1. The first-order chi connectivity index (χ1) is 44.4. The smallest absolute Gasteiger partial charge is 0.351 e. The van der Waals surface area contributed by atoms with E-state index in [1.165, 1.54) is 42.9 Å². The third-order valence-corrected chi connectivity index (χ3v) is 14.7. The summed E-state index contributed by atoms with van der Waals surface area (Å²) in [5.74, 6) is -9.03. The van der Waals surface area contributed by atoms with Crippen LogP contribution in [0.3, 0.4) is 0 Å². The second-order valence-electron chi connectivity index (χ2n) is 21.7. The fraction of sp³-hybridized carbons (Fsp3) is 0.647. The van der Waals surface area contributed by atoms with Gasteiger partial charge in [-0.3, -0.25) is 79.9 Å². The number of anilines is 1. The third kappa shape index (κ3) is 33.5. The number of guanidine groups is 6. The number of hydrogen-bond acceptors (Lipinski definition) is 20. The Hall–Kier alpha value is -9.83. The highest BCUT2D eigenvalue weighted by molar-refractivity contribution is 7.36. The number of ether oxygens (including phenoxy) is 1. The number of amides is 8. The SMILES string of the molecule is CC(=O)N[C@@H](CCCNC(=N)N)C(=O)N[C@@H](CCCNC(=N)N)C(=O)N[C@@H](CCCNC(=N)N)C(=O)N[C@@H](CCCNC(=N)N)C(=O)N[C@@H](CCCNC(=N)N)C(=O)N[C@@H](CCCNC(=N)N)C(=O)NCC(=O)N1C[C@@H](CO[PH](=O)N(C)C)O[C@@H](n2ccc(N)nc2=O)C1. The van der Waals surface area contributed by atoms with Crippen molar-refractivity contribution in [1.29, 1.82) is 32.5 Å². The van der Waals surface area contributed by atoms with Crippen molar-refractivity contribution in [2.75, 3.05) is 85.3 Å². The highest BCUT2D eigenvalue weighted by Gasteiger charge is 2.36. The summed E-state index contributed by atoms with van der Waals surface area (Å²) in [6.07, 6.45) is -0.795. The molecule has 1 aromatic heterocycles. The first-order valence-corrected chi connectivity index (χ1v) is 31.3. The minimum Gasteiger partial charge on any atom is -0.383 e. The molecule has 1 aliphatic rings. The normalized spacial score (nSPS) is 15.6. The Morgan fingerprint density at radius 2 is 0.872 bits per heavy atom. The zero-order chi connectivity index (χ0) is 70.5. The quantitative estimate of drug-likeness (QED) is 0.0125. The second kappa shape index (κ2) is 43.1. The molecule has 94 heavy (non-hydrogen) atoms. The highest BCUT2D eigenvalue weighted by Crippen LogP contribution is 2.27. The summed E-state index contributed by atoms with van der Waals surface area (Å²) in [5, 5.41) is 79.4. The minimum atomic E-state index is -2.70. The van der Waals surface area contributed by atoms with Crippen molar-refractivity contribution in [1.82, 2.24) is 88.2 Å². The number of rotatable bonds is 43. The van der Waals surface area contributed by atoms with E-state index in [4.69, 9.17) is 81.9 Å². The zero-order valence-corrected chi connectivity index (χ0v) is 54.1. The predicted octanol–water partition coefficient (Wildman–Crippen LogP) is -8.86. The number of morpholine rings is 1. The average Bonchev–Trinajstić information content (AvgIpc) is 0.879. The summed E-state index contributed by atoms with van der Waals surface area (Å²) in [7, 11) is 0.374. The van der Waals surface area contributed by atoms with E-state index in [2.05, 4.69) is 74.1 Å². The van der Waals surface area contributed by atoms with Gasteiger partial charge in [0.15, 0.2) is 42.0 Å². The zero-order valence-electron chi connectivity index (χ0n) is 53.1. The maximum atomic E-state index is 14.7. The number of carbonyl (C=O) groups excluding carboxylic acids is 8. The van der Waals surface area contributed by atoms with Crippen molar-refractivity contribution in [3.63, 3.8) is 0 Å². The van der Waals surface area contributed by atoms with Gasteiger partial charge in [0.1, 0.15) is 48.2 Å². The van der Waals surface area contributed by atoms with Crippen molar-refractivity contribution >= 4 is 97.0 Å². The van der Waals surface area contributed by atoms with Crippen LogP contribution >= 0.6 is 8.18 Å². The van der Waals surface area contributed by atoms with Crippen LogP contribution in [0.5, 0.6) is 0 Å². The molecule has 2 heterocycles. The van der Waals surface area contributed by atoms with Gasteiger partial charge in [-0.15, -0.1) is 0 Å². The van der Waals surface area contributed by atoms with Gasteiger partial charge in [-0.1, -0.05) is 0 Å². The minimum absolute atomic E-state index is 0.0116. The van der Waals surface area contributed by atoms with Crippen LogP contribution in [0.4, 0.5) is 5.82 Å². The lowest BCUT2D eigenvalue weighted by Crippen LogP contribution is -2.60. The fourth-order valence-corrected chi connectivity index (χ4v) is 9.58. The molecule has 9 atom stereocenters. The van der Waals surface area contributed by atoms with Crippen LogP contribution in [0.25, 0.3) is 0 Å². The van der Waals surface area contributed by atoms with Gasteiger partial charge in [0.2, 0.25) is 47.3 Å². The Morgan fingerprint density at radius 1 is 0.553 bits per heavy atom. The molecule has 528 valence electrons. The first-order valence-electron chi connectivity index (χ1n) is 30.0. The molecule has 43 heteroatoms. The van der Waals surface area contributed by atoms with E-state index < -0.39 is 140 Å². The van der Waals surface area contributed by atoms with Gasteiger partial charge in [-0.25, -0.2) is 9.46 Å². The van der Waals surface area contributed by atoms with Gasteiger partial charge in [-0.2, -0.15) is 4.98 Å². The lowest BCUT2D eigenvalue weighted by Gasteiger charge is -2.38. The topological polar surface area (TPSA) is 695 Å². The molecular weight excluding hydrogens is 1260 g/mol. The molecule has 2 rings (SSSR count). The molecule has 8 amide bonds. The van der Waals surface area contributed by atoms with Crippen LogP contribution < -0.4 is 115 Å². The van der Waals surface area contributed by atoms with Gasteiger partial charge in [0.25, 0.3) is 8.18 Å². The lowest BCUT2D eigenvalue weighted by molar-refractivity contribution is -0.158. The average molecular weight is 1350 g/mol. The molecule has 1 saturated heterocycles. The molecule has 0 aliphatic carbocycles. The summed E-state index contributed by atoms with van der Waals surface area (Å²) >= 11 is 0. The van der Waals surface area contributed by atoms with Crippen LogP contribution in [0, 0.1) is 32.5 Å². The van der Waals surface area contributed by atoms with Crippen molar-refractivity contribution in [2.24, 2.45) is 34.4 Å². The molecule has 0 spiro atoms. The largest absolute Gasteiger partial charge is 0.383 e. The van der Waals surface area contributed by atoms with E-state index in [1.54, 1.807) is 0 Å². The molecule has 42 nitrogen and oxygen atoms in total. The van der Waals surface area contributed by atoms with Crippen LogP contribution in [0.2, 0.25) is 0 Å². The van der Waals surface area contributed by atoms with Crippen LogP contribution in [-0.2, 0) is 52.2 Å². The Kier molecular flexibility index (Phi) is 36.8. The Morgan fingerprint density at radius 3 is 1.17 bits per heavy atom. The Balaban J connectivity index is 2.59. The standard InChI is InChI=1S/C51H97N30O12P/c1-28(82)72-31(11-5-18-66-46(55)56)40(85)74-33(13-7-20-68-48(59)60)42(87)76-35(15-9-22-70-50(63)64)44(89)77-34(14-8-21-69-49(61)62)43(88)75-32(12-6-19-67-47(57)58)41(86)73-30(10-4-17-65-45(53)54)39(84)71-24-37(83)80-25-29(27-92-94(91)79(2)3)93-38(26-80)81-23-16-36(52)78-51(81)90/h16,23,29-35,38,94H,4-15,17-22,24-27H2,1-3H3,(H,71,84)(H,72,82)(H,73,86)(H,74,85)(H,75,88)(H,76,87)(H,77,89)(H2,52,78,90)(H4,53,54,65)(H4,55,56,66)(H4,57,58,67)(H4,59,60,68)(H4,61,62,69)(H4,63,64,70)/t29-,30-,31-,32-,33-,34-,35-,38+/m0/s1. The van der Waals surface area contributed by atoms with E-state index in [0.29, 0.717) is 0 Å².